The summed E-state index contributed by atoms with van der Waals surface area (Å²) in [6.07, 6.45) is 2.26. The first kappa shape index (κ1) is 13.9. The first-order chi connectivity index (χ1) is 8.99. The van der Waals surface area contributed by atoms with Crippen molar-refractivity contribution in [2.24, 2.45) is 0 Å². The Labute approximate surface area is 115 Å². The number of rotatable bonds is 5. The monoisotopic (exact) mass is 261 g/mol. The second kappa shape index (κ2) is 5.64. The van der Waals surface area contributed by atoms with Crippen molar-refractivity contribution in [1.82, 2.24) is 4.90 Å². The average molecular weight is 261 g/mol. The minimum absolute atomic E-state index is 0.0933. The molecule has 1 fully saturated rings. The lowest BCUT2D eigenvalue weighted by Gasteiger charge is -2.26. The summed E-state index contributed by atoms with van der Waals surface area (Å²) in [5.74, 6) is 0.867. The molecule has 1 amide bonds. The first-order valence-corrected chi connectivity index (χ1v) is 7.00. The molecule has 0 aromatic heterocycles. The van der Waals surface area contributed by atoms with E-state index in [1.807, 2.05) is 23.1 Å². The van der Waals surface area contributed by atoms with Crippen LogP contribution in [0.1, 0.15) is 37.8 Å². The van der Waals surface area contributed by atoms with Gasteiger partial charge in [-0.25, -0.2) is 0 Å². The van der Waals surface area contributed by atoms with Gasteiger partial charge in [-0.3, -0.25) is 4.79 Å². The normalized spacial score (nSPS) is 14.6. The molecule has 0 unspecified atom stereocenters. The molecule has 0 saturated heterocycles. The van der Waals surface area contributed by atoms with Gasteiger partial charge < -0.3 is 9.64 Å². The molecule has 3 heteroatoms. The summed E-state index contributed by atoms with van der Waals surface area (Å²) in [7, 11) is 0. The number of nitrogens with zero attached hydrogens (tertiary/aromatic N) is 1. The van der Waals surface area contributed by atoms with E-state index in [9.17, 15) is 4.79 Å². The molecule has 1 aliphatic rings. The molecule has 1 aromatic carbocycles. The summed E-state index contributed by atoms with van der Waals surface area (Å²) in [4.78, 5) is 14.2. The van der Waals surface area contributed by atoms with Gasteiger partial charge in [0.25, 0.3) is 5.91 Å². The van der Waals surface area contributed by atoms with Gasteiger partial charge in [0.15, 0.2) is 6.61 Å². The predicted octanol–water partition coefficient (Wildman–Crippen LogP) is 3.08. The van der Waals surface area contributed by atoms with Gasteiger partial charge in [0.05, 0.1) is 0 Å². The van der Waals surface area contributed by atoms with Crippen LogP contribution in [0.15, 0.2) is 18.2 Å². The largest absolute Gasteiger partial charge is 0.484 e. The topological polar surface area (TPSA) is 29.5 Å². The minimum atomic E-state index is 0.0933. The molecule has 104 valence electrons. The third-order valence-corrected chi connectivity index (χ3v) is 3.63. The van der Waals surface area contributed by atoms with Gasteiger partial charge in [-0.2, -0.15) is 0 Å². The van der Waals surface area contributed by atoms with Crippen molar-refractivity contribution in [2.75, 3.05) is 6.61 Å². The van der Waals surface area contributed by atoms with Crippen molar-refractivity contribution in [2.45, 2.75) is 52.6 Å². The highest BCUT2D eigenvalue weighted by atomic mass is 16.5. The molecule has 1 aromatic rings. The van der Waals surface area contributed by atoms with Crippen molar-refractivity contribution < 1.29 is 9.53 Å². The third kappa shape index (κ3) is 3.49. The van der Waals surface area contributed by atoms with Crippen LogP contribution in [0.25, 0.3) is 0 Å². The van der Waals surface area contributed by atoms with Gasteiger partial charge in [-0.15, -0.1) is 0 Å². The van der Waals surface area contributed by atoms with Crippen LogP contribution in [0.2, 0.25) is 0 Å². The summed E-state index contributed by atoms with van der Waals surface area (Å²) in [5, 5.41) is 0. The lowest BCUT2D eigenvalue weighted by atomic mass is 10.1. The van der Waals surface area contributed by atoms with Crippen LogP contribution in [0.3, 0.4) is 0 Å². The van der Waals surface area contributed by atoms with Gasteiger partial charge >= 0.3 is 0 Å². The van der Waals surface area contributed by atoms with Crippen molar-refractivity contribution in [1.29, 1.82) is 0 Å². The zero-order chi connectivity index (χ0) is 14.0. The Morgan fingerprint density at radius 1 is 1.32 bits per heavy atom. The molecule has 0 N–H and O–H groups in total. The zero-order valence-corrected chi connectivity index (χ0v) is 12.3. The fourth-order valence-corrected chi connectivity index (χ4v) is 2.29. The van der Waals surface area contributed by atoms with Gasteiger partial charge in [0, 0.05) is 12.1 Å². The number of aryl methyl sites for hydroxylation is 2. The van der Waals surface area contributed by atoms with E-state index in [1.54, 1.807) is 0 Å². The fraction of sp³-hybridized carbons (Fsp3) is 0.562. The van der Waals surface area contributed by atoms with E-state index >= 15 is 0 Å². The second-order valence-corrected chi connectivity index (χ2v) is 5.66. The van der Waals surface area contributed by atoms with Gasteiger partial charge in [0.1, 0.15) is 5.75 Å². The van der Waals surface area contributed by atoms with E-state index in [4.69, 9.17) is 4.74 Å². The van der Waals surface area contributed by atoms with Crippen molar-refractivity contribution in [3.8, 4) is 5.75 Å². The summed E-state index contributed by atoms with van der Waals surface area (Å²) >= 11 is 0. The number of amides is 1. The Morgan fingerprint density at radius 2 is 2.00 bits per heavy atom. The van der Waals surface area contributed by atoms with Crippen LogP contribution in [0.5, 0.6) is 5.75 Å². The molecule has 3 nitrogen and oxygen atoms in total. The summed E-state index contributed by atoms with van der Waals surface area (Å²) in [5.41, 5.74) is 2.42. The number of hydrogen-bond acceptors (Lipinski definition) is 2. The van der Waals surface area contributed by atoms with Crippen LogP contribution in [0.4, 0.5) is 0 Å². The van der Waals surface area contributed by atoms with E-state index in [0.717, 1.165) is 18.6 Å². The smallest absolute Gasteiger partial charge is 0.260 e. The molecular formula is C16H23NO2. The maximum atomic E-state index is 12.2. The van der Waals surface area contributed by atoms with Crippen LogP contribution in [-0.4, -0.2) is 29.5 Å². The Kier molecular flexibility index (Phi) is 4.13. The molecular weight excluding hydrogens is 238 g/mol. The third-order valence-electron chi connectivity index (χ3n) is 3.63. The fourth-order valence-electron chi connectivity index (χ4n) is 2.29. The molecule has 0 atom stereocenters. The Balaban J connectivity index is 1.93. The number of carbonyl (C=O) groups excluding carboxylic acids is 1. The highest BCUT2D eigenvalue weighted by Gasteiger charge is 2.34. The van der Waals surface area contributed by atoms with Gasteiger partial charge in [-0.1, -0.05) is 6.07 Å². The highest BCUT2D eigenvalue weighted by molar-refractivity contribution is 5.78. The number of ether oxygens (including phenoxy) is 1. The molecule has 1 saturated carbocycles. The van der Waals surface area contributed by atoms with Crippen molar-refractivity contribution in [3.63, 3.8) is 0 Å². The number of hydrogen-bond donors (Lipinski definition) is 0. The molecule has 0 radical (unpaired) electrons. The van der Waals surface area contributed by atoms with Crippen molar-refractivity contribution in [3.05, 3.63) is 29.3 Å². The van der Waals surface area contributed by atoms with Crippen LogP contribution in [0, 0.1) is 13.8 Å². The van der Waals surface area contributed by atoms with Gasteiger partial charge in [-0.05, 0) is 63.8 Å². The molecule has 2 rings (SSSR count). The van der Waals surface area contributed by atoms with Crippen LogP contribution >= 0.6 is 0 Å². The molecule has 0 bridgehead atoms. The Morgan fingerprint density at radius 3 is 2.53 bits per heavy atom. The number of benzene rings is 1. The Bertz CT molecular complexity index is 462. The van der Waals surface area contributed by atoms with E-state index in [0.29, 0.717) is 6.04 Å². The average Bonchev–Trinajstić information content (AvgIpc) is 3.15. The lowest BCUT2D eigenvalue weighted by molar-refractivity contribution is -0.135. The van der Waals surface area contributed by atoms with E-state index in [1.165, 1.54) is 11.1 Å². The quantitative estimate of drug-likeness (QED) is 0.815. The standard InChI is InChI=1S/C16H23NO2/c1-11(2)17(14-6-7-14)16(18)10-19-15-8-5-12(3)13(4)9-15/h5,8-9,11,14H,6-7,10H2,1-4H3. The maximum Gasteiger partial charge on any atom is 0.260 e. The predicted molar refractivity (Wildman–Crippen MR) is 76.4 cm³/mol. The first-order valence-electron chi connectivity index (χ1n) is 7.00. The van der Waals surface area contributed by atoms with E-state index in [-0.39, 0.29) is 18.6 Å². The zero-order valence-electron chi connectivity index (χ0n) is 12.3. The minimum Gasteiger partial charge on any atom is -0.484 e. The lowest BCUT2D eigenvalue weighted by Crippen LogP contribution is -2.41. The number of carbonyl (C=O) groups is 1. The maximum absolute atomic E-state index is 12.2. The molecule has 0 aliphatic heterocycles. The highest BCUT2D eigenvalue weighted by Crippen LogP contribution is 2.28. The van der Waals surface area contributed by atoms with Crippen molar-refractivity contribution >= 4 is 5.91 Å². The van der Waals surface area contributed by atoms with E-state index in [2.05, 4.69) is 27.7 Å². The van der Waals surface area contributed by atoms with E-state index < -0.39 is 0 Å². The SMILES string of the molecule is Cc1ccc(OCC(=O)N(C(C)C)C2CC2)cc1C. The molecule has 0 spiro atoms. The summed E-state index contributed by atoms with van der Waals surface area (Å²) in [6.45, 7) is 8.38. The molecule has 0 heterocycles. The van der Waals surface area contributed by atoms with Gasteiger partial charge in [0.2, 0.25) is 0 Å². The van der Waals surface area contributed by atoms with Crippen LogP contribution < -0.4 is 4.74 Å². The summed E-state index contributed by atoms with van der Waals surface area (Å²) < 4.78 is 5.62. The Hall–Kier alpha value is -1.51. The van der Waals surface area contributed by atoms with Crippen LogP contribution in [-0.2, 0) is 4.79 Å². The molecule has 19 heavy (non-hydrogen) atoms. The second-order valence-electron chi connectivity index (χ2n) is 5.66. The summed E-state index contributed by atoms with van der Waals surface area (Å²) in [6, 6.07) is 6.63. The molecule has 1 aliphatic carbocycles.